The van der Waals surface area contributed by atoms with Crippen molar-refractivity contribution in [1.82, 2.24) is 25.3 Å². The number of furan rings is 1. The summed E-state index contributed by atoms with van der Waals surface area (Å²) >= 11 is 0. The molecule has 3 rings (SSSR count). The number of rotatable bonds is 5. The lowest BCUT2D eigenvalue weighted by Crippen LogP contribution is -2.27. The molecule has 2 N–H and O–H groups in total. The smallest absolute Gasteiger partial charge is 0.272 e. The molecule has 7 heteroatoms. The van der Waals surface area contributed by atoms with Crippen molar-refractivity contribution in [3.8, 4) is 11.5 Å². The molecule has 7 nitrogen and oxygen atoms in total. The molecule has 0 aromatic carbocycles. The topological polar surface area (TPSA) is 88.7 Å². The van der Waals surface area contributed by atoms with E-state index in [2.05, 4.69) is 20.6 Å². The second kappa shape index (κ2) is 6.12. The summed E-state index contributed by atoms with van der Waals surface area (Å²) in [6.45, 7) is 6.70. The first-order chi connectivity index (χ1) is 11.1. The van der Waals surface area contributed by atoms with E-state index in [0.717, 1.165) is 17.8 Å². The zero-order valence-electron chi connectivity index (χ0n) is 13.3. The van der Waals surface area contributed by atoms with Crippen LogP contribution in [0, 0.1) is 6.92 Å². The van der Waals surface area contributed by atoms with Crippen LogP contribution in [0.5, 0.6) is 0 Å². The first-order valence-corrected chi connectivity index (χ1v) is 7.52. The van der Waals surface area contributed by atoms with Gasteiger partial charge in [-0.3, -0.25) is 14.6 Å². The number of hydrogen-bond donors (Lipinski definition) is 2. The van der Waals surface area contributed by atoms with Crippen molar-refractivity contribution in [1.29, 1.82) is 0 Å². The molecule has 0 radical (unpaired) electrons. The van der Waals surface area contributed by atoms with Gasteiger partial charge in [0.15, 0.2) is 11.5 Å². The number of hydrogen-bond acceptors (Lipinski definition) is 4. The van der Waals surface area contributed by atoms with Gasteiger partial charge in [-0.2, -0.15) is 10.2 Å². The molecule has 120 valence electrons. The third-order valence-electron chi connectivity index (χ3n) is 3.72. The van der Waals surface area contributed by atoms with Gasteiger partial charge in [-0.25, -0.2) is 0 Å². The first-order valence-electron chi connectivity index (χ1n) is 7.52. The maximum absolute atomic E-state index is 12.3. The van der Waals surface area contributed by atoms with Gasteiger partial charge in [-0.15, -0.1) is 0 Å². The van der Waals surface area contributed by atoms with Gasteiger partial charge in [0.25, 0.3) is 5.91 Å². The average Bonchev–Trinajstić information content (AvgIpc) is 3.26. The molecule has 0 bridgehead atoms. The minimum atomic E-state index is -0.241. The van der Waals surface area contributed by atoms with E-state index in [1.165, 1.54) is 0 Å². The van der Waals surface area contributed by atoms with Gasteiger partial charge in [-0.05, 0) is 32.9 Å². The molecule has 3 aromatic heterocycles. The number of H-pyrrole nitrogens is 1. The van der Waals surface area contributed by atoms with Crippen molar-refractivity contribution < 1.29 is 9.21 Å². The Morgan fingerprint density at radius 1 is 1.52 bits per heavy atom. The molecule has 1 atom stereocenters. The molecule has 0 spiro atoms. The highest BCUT2D eigenvalue weighted by molar-refractivity contribution is 5.93. The predicted octanol–water partition coefficient (Wildman–Crippen LogP) is 2.69. The van der Waals surface area contributed by atoms with Crippen LogP contribution in [-0.2, 0) is 6.54 Å². The Hall–Kier alpha value is -2.83. The van der Waals surface area contributed by atoms with Gasteiger partial charge in [0.1, 0.15) is 5.69 Å². The molecule has 0 saturated carbocycles. The van der Waals surface area contributed by atoms with E-state index in [1.807, 2.05) is 31.6 Å². The van der Waals surface area contributed by atoms with Crippen LogP contribution in [-0.4, -0.2) is 25.9 Å². The molecule has 23 heavy (non-hydrogen) atoms. The Morgan fingerprint density at radius 3 is 3.00 bits per heavy atom. The first kappa shape index (κ1) is 15.1. The van der Waals surface area contributed by atoms with Crippen molar-refractivity contribution >= 4 is 5.91 Å². The van der Waals surface area contributed by atoms with E-state index in [0.29, 0.717) is 17.1 Å². The summed E-state index contributed by atoms with van der Waals surface area (Å²) in [6, 6.07) is 5.11. The lowest BCUT2D eigenvalue weighted by molar-refractivity contribution is 0.0934. The normalized spacial score (nSPS) is 12.3. The Morgan fingerprint density at radius 2 is 2.35 bits per heavy atom. The van der Waals surface area contributed by atoms with Crippen LogP contribution in [0.4, 0.5) is 0 Å². The molecule has 3 heterocycles. The van der Waals surface area contributed by atoms with Crippen LogP contribution in [0.3, 0.4) is 0 Å². The summed E-state index contributed by atoms with van der Waals surface area (Å²) in [5, 5.41) is 14.2. The van der Waals surface area contributed by atoms with Gasteiger partial charge in [0, 0.05) is 24.4 Å². The number of aryl methyl sites for hydroxylation is 2. The lowest BCUT2D eigenvalue weighted by atomic mass is 10.1. The SMILES string of the molecule is CCn1cc(C(C)NC(=O)c2cc(-c3ccco3)[nH]n2)c(C)n1. The standard InChI is InChI=1S/C16H19N5O2/c1-4-21-9-12(11(3)20-21)10(2)17-16(22)14-8-13(18-19-14)15-6-5-7-23-15/h5-10H,4H2,1-3H3,(H,17,22)(H,18,19). The summed E-state index contributed by atoms with van der Waals surface area (Å²) in [7, 11) is 0. The predicted molar refractivity (Wildman–Crippen MR) is 84.8 cm³/mol. The maximum Gasteiger partial charge on any atom is 0.272 e. The van der Waals surface area contributed by atoms with E-state index < -0.39 is 0 Å². The highest BCUT2D eigenvalue weighted by atomic mass is 16.3. The average molecular weight is 313 g/mol. The van der Waals surface area contributed by atoms with Gasteiger partial charge >= 0.3 is 0 Å². The molecular formula is C16H19N5O2. The van der Waals surface area contributed by atoms with Crippen molar-refractivity contribution in [2.45, 2.75) is 33.4 Å². The number of aromatic nitrogens is 4. The van der Waals surface area contributed by atoms with Crippen molar-refractivity contribution in [2.75, 3.05) is 0 Å². The molecule has 3 aromatic rings. The quantitative estimate of drug-likeness (QED) is 0.758. The Balaban J connectivity index is 1.72. The molecule has 0 aliphatic rings. The number of carbonyl (C=O) groups excluding carboxylic acids is 1. The number of amides is 1. The minimum Gasteiger partial charge on any atom is -0.463 e. The Labute approximate surface area is 133 Å². The monoisotopic (exact) mass is 313 g/mol. The van der Waals surface area contributed by atoms with E-state index in [-0.39, 0.29) is 11.9 Å². The van der Waals surface area contributed by atoms with Crippen LogP contribution in [0.1, 0.15) is 41.6 Å². The van der Waals surface area contributed by atoms with Gasteiger partial charge in [0.05, 0.1) is 18.0 Å². The van der Waals surface area contributed by atoms with E-state index in [9.17, 15) is 4.79 Å². The molecule has 1 unspecified atom stereocenters. The van der Waals surface area contributed by atoms with Gasteiger partial charge in [-0.1, -0.05) is 0 Å². The molecule has 0 aliphatic carbocycles. The van der Waals surface area contributed by atoms with E-state index >= 15 is 0 Å². The zero-order valence-corrected chi connectivity index (χ0v) is 13.3. The fourth-order valence-electron chi connectivity index (χ4n) is 2.46. The molecule has 0 saturated heterocycles. The van der Waals surface area contributed by atoms with Crippen molar-refractivity contribution in [3.05, 3.63) is 47.6 Å². The number of aromatic amines is 1. The second-order valence-corrected chi connectivity index (χ2v) is 5.36. The number of nitrogens with one attached hydrogen (secondary N) is 2. The molecular weight excluding hydrogens is 294 g/mol. The zero-order chi connectivity index (χ0) is 16.4. The van der Waals surface area contributed by atoms with Crippen LogP contribution < -0.4 is 5.32 Å². The van der Waals surface area contributed by atoms with Gasteiger partial charge in [0.2, 0.25) is 0 Å². The van der Waals surface area contributed by atoms with Crippen molar-refractivity contribution in [3.63, 3.8) is 0 Å². The summed E-state index contributed by atoms with van der Waals surface area (Å²) in [5.41, 5.74) is 2.91. The van der Waals surface area contributed by atoms with Crippen LogP contribution in [0.25, 0.3) is 11.5 Å². The molecule has 0 fully saturated rings. The second-order valence-electron chi connectivity index (χ2n) is 5.36. The maximum atomic E-state index is 12.3. The Bertz CT molecular complexity index is 800. The van der Waals surface area contributed by atoms with Crippen LogP contribution >= 0.6 is 0 Å². The van der Waals surface area contributed by atoms with E-state index in [1.54, 1.807) is 24.5 Å². The number of nitrogens with zero attached hydrogens (tertiary/aromatic N) is 3. The third-order valence-corrected chi connectivity index (χ3v) is 3.72. The fraction of sp³-hybridized carbons (Fsp3) is 0.312. The Kier molecular flexibility index (Phi) is 4.01. The summed E-state index contributed by atoms with van der Waals surface area (Å²) < 4.78 is 7.14. The molecule has 0 aliphatic heterocycles. The highest BCUT2D eigenvalue weighted by Gasteiger charge is 2.18. The molecule has 1 amide bonds. The third kappa shape index (κ3) is 3.03. The highest BCUT2D eigenvalue weighted by Crippen LogP contribution is 2.19. The van der Waals surface area contributed by atoms with E-state index in [4.69, 9.17) is 4.42 Å². The number of carbonyl (C=O) groups is 1. The summed E-state index contributed by atoms with van der Waals surface area (Å²) in [4.78, 5) is 12.3. The van der Waals surface area contributed by atoms with Crippen molar-refractivity contribution in [2.24, 2.45) is 0 Å². The fourth-order valence-corrected chi connectivity index (χ4v) is 2.46. The van der Waals surface area contributed by atoms with Crippen LogP contribution in [0.2, 0.25) is 0 Å². The minimum absolute atomic E-state index is 0.147. The largest absolute Gasteiger partial charge is 0.463 e. The summed E-state index contributed by atoms with van der Waals surface area (Å²) in [5.74, 6) is 0.403. The van der Waals surface area contributed by atoms with Crippen LogP contribution in [0.15, 0.2) is 35.1 Å². The van der Waals surface area contributed by atoms with Gasteiger partial charge < -0.3 is 9.73 Å². The lowest BCUT2D eigenvalue weighted by Gasteiger charge is -2.11. The summed E-state index contributed by atoms with van der Waals surface area (Å²) in [6.07, 6.45) is 3.53.